The van der Waals surface area contributed by atoms with Crippen molar-refractivity contribution in [3.05, 3.63) is 57.6 Å². The highest BCUT2D eigenvalue weighted by atomic mass is 35.5. The van der Waals surface area contributed by atoms with Crippen LogP contribution in [0.15, 0.2) is 35.2 Å². The first kappa shape index (κ1) is 22.0. The molecule has 1 unspecified atom stereocenters. The van der Waals surface area contributed by atoms with Crippen molar-refractivity contribution in [3.63, 3.8) is 0 Å². The van der Waals surface area contributed by atoms with E-state index in [-0.39, 0.29) is 17.4 Å². The van der Waals surface area contributed by atoms with Crippen LogP contribution in [0.25, 0.3) is 0 Å². The van der Waals surface area contributed by atoms with Gasteiger partial charge < -0.3 is 0 Å². The van der Waals surface area contributed by atoms with E-state index < -0.39 is 27.9 Å². The van der Waals surface area contributed by atoms with Gasteiger partial charge in [0.2, 0.25) is 15.9 Å². The molecule has 1 atom stereocenters. The quantitative estimate of drug-likeness (QED) is 0.630. The van der Waals surface area contributed by atoms with E-state index in [4.69, 9.17) is 11.6 Å². The van der Waals surface area contributed by atoms with Gasteiger partial charge in [0.1, 0.15) is 6.04 Å². The summed E-state index contributed by atoms with van der Waals surface area (Å²) < 4.78 is 29.1. The van der Waals surface area contributed by atoms with Gasteiger partial charge in [0, 0.05) is 11.1 Å². The summed E-state index contributed by atoms with van der Waals surface area (Å²) in [5, 5.41) is 0.488. The molecule has 0 bridgehead atoms. The van der Waals surface area contributed by atoms with Crippen LogP contribution in [0.1, 0.15) is 41.5 Å². The van der Waals surface area contributed by atoms with Crippen LogP contribution in [0, 0.1) is 27.7 Å². The minimum Gasteiger partial charge on any atom is -0.274 e. The molecule has 1 heterocycles. The number of sulfonamides is 1. The van der Waals surface area contributed by atoms with E-state index in [1.54, 1.807) is 38.1 Å². The van der Waals surface area contributed by atoms with Gasteiger partial charge in [-0.15, -0.1) is 0 Å². The van der Waals surface area contributed by atoms with Crippen LogP contribution >= 0.6 is 11.6 Å². The van der Waals surface area contributed by atoms with E-state index in [2.05, 4.69) is 0 Å². The molecule has 0 spiro atoms. The van der Waals surface area contributed by atoms with E-state index >= 15 is 0 Å². The Kier molecular flexibility index (Phi) is 5.48. The monoisotopic (exact) mass is 460 g/mol. The minimum atomic E-state index is -3.98. The molecule has 164 valence electrons. The third-order valence-corrected chi connectivity index (χ3v) is 8.74. The molecule has 0 radical (unpaired) electrons. The van der Waals surface area contributed by atoms with Crippen LogP contribution in [0.4, 0.5) is 5.69 Å². The first-order chi connectivity index (χ1) is 14.5. The highest BCUT2D eigenvalue weighted by molar-refractivity contribution is 7.89. The molecule has 2 amide bonds. The normalized spacial score (nSPS) is 19.5. The fraction of sp³-hybridized carbons (Fsp3) is 0.391. The number of carbonyl (C=O) groups is 2. The van der Waals surface area contributed by atoms with E-state index in [0.717, 1.165) is 16.0 Å². The third kappa shape index (κ3) is 3.69. The highest BCUT2D eigenvalue weighted by Crippen LogP contribution is 2.40. The van der Waals surface area contributed by atoms with Gasteiger partial charge in [-0.3, -0.25) is 9.59 Å². The van der Waals surface area contributed by atoms with Crippen LogP contribution in [-0.4, -0.2) is 36.6 Å². The molecule has 2 aromatic carbocycles. The van der Waals surface area contributed by atoms with Crippen molar-refractivity contribution in [1.29, 1.82) is 0 Å². The predicted octanol–water partition coefficient (Wildman–Crippen LogP) is 4.06. The predicted molar refractivity (Wildman–Crippen MR) is 120 cm³/mol. The van der Waals surface area contributed by atoms with Gasteiger partial charge in [-0.1, -0.05) is 17.7 Å². The Labute approximate surface area is 187 Å². The molecule has 1 saturated carbocycles. The van der Waals surface area contributed by atoms with Crippen LogP contribution in [0.5, 0.6) is 0 Å². The van der Waals surface area contributed by atoms with Gasteiger partial charge >= 0.3 is 0 Å². The average Bonchev–Trinajstić information content (AvgIpc) is 3.47. The molecule has 2 fully saturated rings. The standard InChI is InChI=1S/C23H25ClN2O4S/c1-13-11-14(2)16(4)22(15(13)3)31(29,30)26(19-9-10-19)20-12-21(27)25(23(20)28)18-7-5-17(24)6-8-18/h5-8,11,19-20H,9-10,12H2,1-4H3. The summed E-state index contributed by atoms with van der Waals surface area (Å²) in [6.45, 7) is 7.35. The second-order valence-corrected chi connectivity index (χ2v) is 10.6. The number of imide groups is 1. The third-order valence-electron chi connectivity index (χ3n) is 6.25. The zero-order chi connectivity index (χ0) is 22.7. The van der Waals surface area contributed by atoms with Crippen molar-refractivity contribution in [2.75, 3.05) is 4.90 Å². The van der Waals surface area contributed by atoms with Crippen molar-refractivity contribution in [1.82, 2.24) is 4.31 Å². The fourth-order valence-electron chi connectivity index (χ4n) is 4.30. The van der Waals surface area contributed by atoms with E-state index in [1.807, 2.05) is 19.9 Å². The lowest BCUT2D eigenvalue weighted by Crippen LogP contribution is -2.47. The number of amides is 2. The maximum atomic E-state index is 13.9. The van der Waals surface area contributed by atoms with Gasteiger partial charge in [0.05, 0.1) is 17.0 Å². The molecule has 2 aliphatic rings. The minimum absolute atomic E-state index is 0.167. The van der Waals surface area contributed by atoms with Crippen molar-refractivity contribution < 1.29 is 18.0 Å². The molecule has 1 aliphatic carbocycles. The molecule has 1 aliphatic heterocycles. The first-order valence-electron chi connectivity index (χ1n) is 10.3. The van der Waals surface area contributed by atoms with Gasteiger partial charge in [-0.2, -0.15) is 4.31 Å². The smallest absolute Gasteiger partial charge is 0.252 e. The summed E-state index contributed by atoms with van der Waals surface area (Å²) in [6, 6.07) is 7.04. The molecule has 4 rings (SSSR count). The number of nitrogens with zero attached hydrogens (tertiary/aromatic N) is 2. The second-order valence-electron chi connectivity index (χ2n) is 8.42. The van der Waals surface area contributed by atoms with Crippen molar-refractivity contribution >= 4 is 39.1 Å². The number of rotatable bonds is 5. The zero-order valence-corrected chi connectivity index (χ0v) is 19.5. The van der Waals surface area contributed by atoms with Crippen molar-refractivity contribution in [2.45, 2.75) is 63.9 Å². The Morgan fingerprint density at radius 1 is 0.968 bits per heavy atom. The summed E-state index contributed by atoms with van der Waals surface area (Å²) in [6.07, 6.45) is 1.20. The highest BCUT2D eigenvalue weighted by Gasteiger charge is 2.52. The van der Waals surface area contributed by atoms with Gasteiger partial charge in [0.15, 0.2) is 0 Å². The molecule has 1 saturated heterocycles. The fourth-order valence-corrected chi connectivity index (χ4v) is 6.83. The second kappa shape index (κ2) is 7.73. The number of halogens is 1. The lowest BCUT2D eigenvalue weighted by atomic mass is 10.0. The molecule has 0 N–H and O–H groups in total. The summed E-state index contributed by atoms with van der Waals surface area (Å²) in [4.78, 5) is 27.4. The molecule has 0 aromatic heterocycles. The number of carbonyl (C=O) groups excluding carboxylic acids is 2. The lowest BCUT2D eigenvalue weighted by molar-refractivity contribution is -0.122. The van der Waals surface area contributed by atoms with Crippen LogP contribution in [-0.2, 0) is 19.6 Å². The topological polar surface area (TPSA) is 74.8 Å². The summed E-state index contributed by atoms with van der Waals surface area (Å²) >= 11 is 5.93. The molecule has 2 aromatic rings. The van der Waals surface area contributed by atoms with Gasteiger partial charge in [-0.25, -0.2) is 13.3 Å². The Balaban J connectivity index is 1.78. The Morgan fingerprint density at radius 2 is 1.52 bits per heavy atom. The molecule has 31 heavy (non-hydrogen) atoms. The largest absolute Gasteiger partial charge is 0.274 e. The number of benzene rings is 2. The Morgan fingerprint density at radius 3 is 2.03 bits per heavy atom. The summed E-state index contributed by atoms with van der Waals surface area (Å²) in [5.74, 6) is -0.922. The zero-order valence-electron chi connectivity index (χ0n) is 18.0. The SMILES string of the molecule is Cc1cc(C)c(C)c(S(=O)(=O)N(C2CC2)C2CC(=O)N(c3ccc(Cl)cc3)C2=O)c1C. The number of anilines is 1. The van der Waals surface area contributed by atoms with Crippen LogP contribution < -0.4 is 4.90 Å². The summed E-state index contributed by atoms with van der Waals surface area (Å²) in [5.41, 5.74) is 3.53. The number of hydrogen-bond acceptors (Lipinski definition) is 4. The van der Waals surface area contributed by atoms with Gasteiger partial charge in [0.25, 0.3) is 5.91 Å². The molecule has 8 heteroatoms. The van der Waals surface area contributed by atoms with Crippen LogP contribution in [0.3, 0.4) is 0 Å². The lowest BCUT2D eigenvalue weighted by Gasteiger charge is -2.29. The number of hydrogen-bond donors (Lipinski definition) is 0. The van der Waals surface area contributed by atoms with E-state index in [0.29, 0.717) is 34.7 Å². The maximum Gasteiger partial charge on any atom is 0.252 e. The van der Waals surface area contributed by atoms with E-state index in [9.17, 15) is 18.0 Å². The Hall–Kier alpha value is -2.22. The molecular formula is C23H25ClN2O4S. The summed E-state index contributed by atoms with van der Waals surface area (Å²) in [7, 11) is -3.98. The van der Waals surface area contributed by atoms with Crippen molar-refractivity contribution in [3.8, 4) is 0 Å². The van der Waals surface area contributed by atoms with E-state index in [1.165, 1.54) is 4.31 Å². The van der Waals surface area contributed by atoms with Crippen LogP contribution in [0.2, 0.25) is 5.02 Å². The number of aryl methyl sites for hydroxylation is 2. The average molecular weight is 461 g/mol. The van der Waals surface area contributed by atoms with Crippen molar-refractivity contribution in [2.24, 2.45) is 0 Å². The Bertz CT molecular complexity index is 1160. The molecular weight excluding hydrogens is 436 g/mol. The maximum absolute atomic E-state index is 13.9. The van der Waals surface area contributed by atoms with Gasteiger partial charge in [-0.05, 0) is 87.1 Å². The molecule has 6 nitrogen and oxygen atoms in total. The first-order valence-corrected chi connectivity index (χ1v) is 12.1.